The number of fused-ring (bicyclic) bond motifs is 2. The maximum absolute atomic E-state index is 4.58. The van der Waals surface area contributed by atoms with Crippen LogP contribution in [0.2, 0.25) is 0 Å². The molecular formula is C19H25N3. The molecule has 1 spiro atoms. The molecule has 2 aromatic rings. The maximum Gasteiger partial charge on any atom is 0.0695 e. The third kappa shape index (κ3) is 1.71. The zero-order chi connectivity index (χ0) is 15.3. The lowest BCUT2D eigenvalue weighted by Crippen LogP contribution is -2.44. The van der Waals surface area contributed by atoms with Crippen LogP contribution >= 0.6 is 0 Å². The number of aromatic nitrogens is 2. The fraction of sp³-hybridized carbons (Fsp3) is 0.526. The summed E-state index contributed by atoms with van der Waals surface area (Å²) in [6.45, 7) is 4.58. The monoisotopic (exact) mass is 295 g/mol. The van der Waals surface area contributed by atoms with Crippen LogP contribution in [0.25, 0.3) is 0 Å². The van der Waals surface area contributed by atoms with E-state index in [4.69, 9.17) is 0 Å². The number of benzene rings is 1. The molecule has 1 aromatic carbocycles. The summed E-state index contributed by atoms with van der Waals surface area (Å²) in [5.41, 5.74) is 5.82. The van der Waals surface area contributed by atoms with Gasteiger partial charge in [0.15, 0.2) is 0 Å². The normalized spacial score (nSPS) is 23.0. The lowest BCUT2D eigenvalue weighted by Gasteiger charge is -2.45. The van der Waals surface area contributed by atoms with Crippen LogP contribution in [0.4, 0.5) is 5.69 Å². The van der Waals surface area contributed by atoms with Gasteiger partial charge in [0.2, 0.25) is 0 Å². The van der Waals surface area contributed by atoms with E-state index >= 15 is 0 Å². The fourth-order valence-corrected chi connectivity index (χ4v) is 4.84. The molecule has 2 aliphatic rings. The minimum absolute atomic E-state index is 0.160. The van der Waals surface area contributed by atoms with Gasteiger partial charge in [0, 0.05) is 18.3 Å². The van der Waals surface area contributed by atoms with Gasteiger partial charge in [0.1, 0.15) is 0 Å². The molecule has 1 aliphatic carbocycles. The van der Waals surface area contributed by atoms with Crippen LogP contribution in [0.1, 0.15) is 61.9 Å². The molecule has 2 heterocycles. The second-order valence-corrected chi connectivity index (χ2v) is 6.99. The van der Waals surface area contributed by atoms with E-state index in [1.165, 1.54) is 54.6 Å². The Kier molecular flexibility index (Phi) is 3.07. The highest BCUT2D eigenvalue weighted by atomic mass is 15.3. The molecule has 1 saturated carbocycles. The summed E-state index contributed by atoms with van der Waals surface area (Å²) in [6, 6.07) is 9.23. The first kappa shape index (κ1) is 13.9. The van der Waals surface area contributed by atoms with Gasteiger partial charge in [-0.1, -0.05) is 37.5 Å². The molecule has 1 atom stereocenters. The van der Waals surface area contributed by atoms with E-state index in [-0.39, 0.29) is 5.54 Å². The summed E-state index contributed by atoms with van der Waals surface area (Å²) in [6.07, 6.45) is 8.66. The van der Waals surface area contributed by atoms with Crippen molar-refractivity contribution in [2.75, 3.05) is 4.90 Å². The third-order valence-corrected chi connectivity index (χ3v) is 5.79. The summed E-state index contributed by atoms with van der Waals surface area (Å²) in [4.78, 5) is 2.70. The Bertz CT molecular complexity index is 694. The van der Waals surface area contributed by atoms with Gasteiger partial charge in [-0.2, -0.15) is 5.10 Å². The molecule has 3 heteroatoms. The minimum atomic E-state index is 0.160. The summed E-state index contributed by atoms with van der Waals surface area (Å²) < 4.78 is 2.09. The smallest absolute Gasteiger partial charge is 0.0695 e. The predicted octanol–water partition coefficient (Wildman–Crippen LogP) is 4.47. The lowest BCUT2D eigenvalue weighted by molar-refractivity contribution is 0.282. The highest BCUT2D eigenvalue weighted by Crippen LogP contribution is 2.55. The number of aryl methyl sites for hydroxylation is 2. The van der Waals surface area contributed by atoms with Crippen molar-refractivity contribution in [3.63, 3.8) is 0 Å². The molecule has 3 nitrogen and oxygen atoms in total. The van der Waals surface area contributed by atoms with Gasteiger partial charge < -0.3 is 4.90 Å². The molecule has 22 heavy (non-hydrogen) atoms. The SMILES string of the molecule is Cc1ccccc1N1[C@@H](C)c2c(cnn2C)C12CCCCC2. The van der Waals surface area contributed by atoms with Crippen LogP contribution in [-0.4, -0.2) is 9.78 Å². The Morgan fingerprint density at radius 1 is 1.14 bits per heavy atom. The van der Waals surface area contributed by atoms with Gasteiger partial charge in [-0.25, -0.2) is 0 Å². The quantitative estimate of drug-likeness (QED) is 0.774. The van der Waals surface area contributed by atoms with Crippen LogP contribution in [0.15, 0.2) is 30.5 Å². The predicted molar refractivity (Wildman–Crippen MR) is 90.0 cm³/mol. The Morgan fingerprint density at radius 2 is 1.86 bits per heavy atom. The van der Waals surface area contributed by atoms with Gasteiger partial charge in [0.05, 0.1) is 23.5 Å². The molecule has 0 N–H and O–H groups in total. The van der Waals surface area contributed by atoms with Gasteiger partial charge >= 0.3 is 0 Å². The molecule has 0 saturated heterocycles. The molecule has 0 radical (unpaired) electrons. The number of anilines is 1. The van der Waals surface area contributed by atoms with Gasteiger partial charge in [-0.05, 0) is 38.3 Å². The van der Waals surface area contributed by atoms with Crippen molar-refractivity contribution >= 4 is 5.69 Å². The Hall–Kier alpha value is -1.77. The Morgan fingerprint density at radius 3 is 2.59 bits per heavy atom. The van der Waals surface area contributed by atoms with Crippen molar-refractivity contribution in [3.8, 4) is 0 Å². The van der Waals surface area contributed by atoms with E-state index in [1.54, 1.807) is 0 Å². The first-order valence-corrected chi connectivity index (χ1v) is 8.52. The molecule has 1 fully saturated rings. The fourth-order valence-electron chi connectivity index (χ4n) is 4.84. The van der Waals surface area contributed by atoms with E-state index < -0.39 is 0 Å². The van der Waals surface area contributed by atoms with Crippen LogP contribution in [0.5, 0.6) is 0 Å². The molecule has 116 valence electrons. The highest BCUT2D eigenvalue weighted by Gasteiger charge is 2.51. The maximum atomic E-state index is 4.58. The number of para-hydroxylation sites is 1. The van der Waals surface area contributed by atoms with Crippen molar-refractivity contribution in [3.05, 3.63) is 47.3 Å². The molecule has 4 rings (SSSR count). The number of nitrogens with zero attached hydrogens (tertiary/aromatic N) is 3. The highest BCUT2D eigenvalue weighted by molar-refractivity contribution is 5.62. The number of hydrogen-bond donors (Lipinski definition) is 0. The van der Waals surface area contributed by atoms with E-state index in [9.17, 15) is 0 Å². The van der Waals surface area contributed by atoms with Crippen molar-refractivity contribution in [1.29, 1.82) is 0 Å². The molecule has 1 aromatic heterocycles. The standard InChI is InChI=1S/C19H25N3/c1-14-9-5-6-10-17(14)22-15(2)18-16(13-20-21(18)3)19(22)11-7-4-8-12-19/h5-6,9-10,13,15H,4,7-8,11-12H2,1-3H3/t15-/m0/s1. The van der Waals surface area contributed by atoms with Crippen LogP contribution in [0.3, 0.4) is 0 Å². The zero-order valence-corrected chi connectivity index (χ0v) is 13.8. The first-order valence-electron chi connectivity index (χ1n) is 8.52. The van der Waals surface area contributed by atoms with E-state index in [0.717, 1.165) is 0 Å². The zero-order valence-electron chi connectivity index (χ0n) is 13.8. The van der Waals surface area contributed by atoms with Crippen LogP contribution in [-0.2, 0) is 12.6 Å². The summed E-state index contributed by atoms with van der Waals surface area (Å²) in [5.74, 6) is 0. The second kappa shape index (κ2) is 4.87. The van der Waals surface area contributed by atoms with Gasteiger partial charge in [-0.3, -0.25) is 4.68 Å². The number of rotatable bonds is 1. The molecular weight excluding hydrogens is 270 g/mol. The first-order chi connectivity index (χ1) is 10.6. The van der Waals surface area contributed by atoms with E-state index in [1.807, 2.05) is 0 Å². The largest absolute Gasteiger partial charge is 0.353 e. The van der Waals surface area contributed by atoms with Crippen molar-refractivity contribution in [2.45, 2.75) is 57.5 Å². The Balaban J connectivity index is 1.92. The average molecular weight is 295 g/mol. The molecule has 0 amide bonds. The molecule has 0 bridgehead atoms. The minimum Gasteiger partial charge on any atom is -0.353 e. The van der Waals surface area contributed by atoms with Crippen molar-refractivity contribution in [1.82, 2.24) is 9.78 Å². The Labute approximate surface area is 132 Å². The summed E-state index contributed by atoms with van der Waals surface area (Å²) >= 11 is 0. The lowest BCUT2D eigenvalue weighted by atomic mass is 9.77. The molecule has 0 unspecified atom stereocenters. The topological polar surface area (TPSA) is 21.1 Å². The third-order valence-electron chi connectivity index (χ3n) is 5.79. The second-order valence-electron chi connectivity index (χ2n) is 6.99. The van der Waals surface area contributed by atoms with Crippen LogP contribution < -0.4 is 4.90 Å². The summed E-state index contributed by atoms with van der Waals surface area (Å²) in [7, 11) is 2.09. The molecule has 1 aliphatic heterocycles. The summed E-state index contributed by atoms with van der Waals surface area (Å²) in [5, 5.41) is 4.58. The van der Waals surface area contributed by atoms with E-state index in [0.29, 0.717) is 6.04 Å². The van der Waals surface area contributed by atoms with Crippen LogP contribution in [0, 0.1) is 6.92 Å². The van der Waals surface area contributed by atoms with Gasteiger partial charge in [0.25, 0.3) is 0 Å². The average Bonchev–Trinajstić information content (AvgIpc) is 3.01. The van der Waals surface area contributed by atoms with Crippen molar-refractivity contribution < 1.29 is 0 Å². The van der Waals surface area contributed by atoms with E-state index in [2.05, 4.69) is 66.0 Å². The van der Waals surface area contributed by atoms with Crippen molar-refractivity contribution in [2.24, 2.45) is 7.05 Å². The van der Waals surface area contributed by atoms with Gasteiger partial charge in [-0.15, -0.1) is 0 Å². The number of hydrogen-bond acceptors (Lipinski definition) is 2.